The Balaban J connectivity index is 2.38. The Labute approximate surface area is 129 Å². The molecule has 0 aliphatic heterocycles. The number of hydrogen-bond acceptors (Lipinski definition) is 1. The summed E-state index contributed by atoms with van der Waals surface area (Å²) >= 11 is 0. The second kappa shape index (κ2) is 7.42. The SMILES string of the molecule is CCCNC(c1ccc(CC)cc1)c1cc(C)ccc1C. The van der Waals surface area contributed by atoms with Gasteiger partial charge in [-0.3, -0.25) is 0 Å². The zero-order valence-electron chi connectivity index (χ0n) is 13.7. The number of nitrogens with one attached hydrogen (secondary N) is 1. The fourth-order valence-electron chi connectivity index (χ4n) is 2.71. The van der Waals surface area contributed by atoms with Gasteiger partial charge >= 0.3 is 0 Å². The molecule has 0 amide bonds. The van der Waals surface area contributed by atoms with E-state index in [1.54, 1.807) is 0 Å². The lowest BCUT2D eigenvalue weighted by molar-refractivity contribution is 0.596. The van der Waals surface area contributed by atoms with Crippen LogP contribution in [-0.2, 0) is 6.42 Å². The van der Waals surface area contributed by atoms with Crippen molar-refractivity contribution in [3.63, 3.8) is 0 Å². The topological polar surface area (TPSA) is 12.0 Å². The molecule has 1 nitrogen and oxygen atoms in total. The van der Waals surface area contributed by atoms with E-state index in [9.17, 15) is 0 Å². The monoisotopic (exact) mass is 281 g/mol. The summed E-state index contributed by atoms with van der Waals surface area (Å²) in [5.41, 5.74) is 6.83. The summed E-state index contributed by atoms with van der Waals surface area (Å²) in [6.45, 7) is 9.82. The molecule has 2 aromatic rings. The highest BCUT2D eigenvalue weighted by Crippen LogP contribution is 2.26. The van der Waals surface area contributed by atoms with Gasteiger partial charge in [0.1, 0.15) is 0 Å². The lowest BCUT2D eigenvalue weighted by Crippen LogP contribution is -2.24. The minimum atomic E-state index is 0.288. The van der Waals surface area contributed by atoms with Gasteiger partial charge in [0, 0.05) is 0 Å². The molecule has 0 aliphatic rings. The molecule has 112 valence electrons. The van der Waals surface area contributed by atoms with Crippen LogP contribution in [-0.4, -0.2) is 6.54 Å². The molecule has 0 spiro atoms. The third kappa shape index (κ3) is 3.95. The molecule has 0 bridgehead atoms. The third-order valence-electron chi connectivity index (χ3n) is 4.07. The van der Waals surface area contributed by atoms with Crippen molar-refractivity contribution in [3.05, 3.63) is 70.3 Å². The van der Waals surface area contributed by atoms with Crippen molar-refractivity contribution >= 4 is 0 Å². The molecule has 1 unspecified atom stereocenters. The standard InChI is InChI=1S/C20H27N/c1-5-13-21-20(18-11-9-17(6-2)10-12-18)19-14-15(3)7-8-16(19)4/h7-12,14,20-21H,5-6,13H2,1-4H3. The summed E-state index contributed by atoms with van der Waals surface area (Å²) in [5.74, 6) is 0. The highest BCUT2D eigenvalue weighted by atomic mass is 14.9. The van der Waals surface area contributed by atoms with E-state index in [1.807, 2.05) is 0 Å². The largest absolute Gasteiger partial charge is 0.306 e. The van der Waals surface area contributed by atoms with Gasteiger partial charge in [-0.2, -0.15) is 0 Å². The molecule has 1 atom stereocenters. The van der Waals surface area contributed by atoms with Crippen LogP contribution >= 0.6 is 0 Å². The predicted octanol–water partition coefficient (Wildman–Crippen LogP) is 4.95. The molecule has 1 heteroatoms. The highest BCUT2D eigenvalue weighted by Gasteiger charge is 2.15. The molecule has 0 heterocycles. The van der Waals surface area contributed by atoms with Gasteiger partial charge in [-0.15, -0.1) is 0 Å². The second-order valence-corrected chi connectivity index (χ2v) is 5.84. The van der Waals surface area contributed by atoms with Crippen LogP contribution in [0.4, 0.5) is 0 Å². The average molecular weight is 281 g/mol. The Morgan fingerprint density at radius 2 is 1.67 bits per heavy atom. The highest BCUT2D eigenvalue weighted by molar-refractivity contribution is 5.40. The van der Waals surface area contributed by atoms with Crippen molar-refractivity contribution in [3.8, 4) is 0 Å². The molecule has 0 radical (unpaired) electrons. The van der Waals surface area contributed by atoms with E-state index in [-0.39, 0.29) is 6.04 Å². The van der Waals surface area contributed by atoms with Crippen LogP contribution in [0, 0.1) is 13.8 Å². The molecule has 1 N–H and O–H groups in total. The van der Waals surface area contributed by atoms with Crippen molar-refractivity contribution in [1.82, 2.24) is 5.32 Å². The van der Waals surface area contributed by atoms with Gasteiger partial charge in [0.05, 0.1) is 6.04 Å². The Bertz CT molecular complexity index is 569. The van der Waals surface area contributed by atoms with Crippen LogP contribution < -0.4 is 5.32 Å². The average Bonchev–Trinajstić information content (AvgIpc) is 2.51. The van der Waals surface area contributed by atoms with Crippen LogP contribution in [0.2, 0.25) is 0 Å². The molecule has 2 aromatic carbocycles. The van der Waals surface area contributed by atoms with E-state index in [0.29, 0.717) is 0 Å². The summed E-state index contributed by atoms with van der Waals surface area (Å²) < 4.78 is 0. The maximum atomic E-state index is 3.71. The molecule has 0 saturated carbocycles. The Kier molecular flexibility index (Phi) is 5.58. The maximum Gasteiger partial charge on any atom is 0.0579 e. The summed E-state index contributed by atoms with van der Waals surface area (Å²) in [5, 5.41) is 3.71. The summed E-state index contributed by atoms with van der Waals surface area (Å²) in [7, 11) is 0. The first-order valence-corrected chi connectivity index (χ1v) is 8.05. The van der Waals surface area contributed by atoms with E-state index in [1.165, 1.54) is 27.8 Å². The molecule has 2 rings (SSSR count). The number of rotatable bonds is 6. The quantitative estimate of drug-likeness (QED) is 0.789. The Morgan fingerprint density at radius 1 is 0.952 bits per heavy atom. The number of hydrogen-bond donors (Lipinski definition) is 1. The first kappa shape index (κ1) is 15.8. The Morgan fingerprint density at radius 3 is 2.29 bits per heavy atom. The molecule has 0 aliphatic carbocycles. The lowest BCUT2D eigenvalue weighted by atomic mass is 9.92. The van der Waals surface area contributed by atoms with Gasteiger partial charge in [0.2, 0.25) is 0 Å². The van der Waals surface area contributed by atoms with Crippen molar-refractivity contribution < 1.29 is 0 Å². The molecule has 21 heavy (non-hydrogen) atoms. The molecule has 0 saturated heterocycles. The van der Waals surface area contributed by atoms with Gasteiger partial charge in [0.15, 0.2) is 0 Å². The molecular weight excluding hydrogens is 254 g/mol. The lowest BCUT2D eigenvalue weighted by Gasteiger charge is -2.22. The van der Waals surface area contributed by atoms with Crippen molar-refractivity contribution in [1.29, 1.82) is 0 Å². The van der Waals surface area contributed by atoms with Crippen LogP contribution in [0.1, 0.15) is 54.1 Å². The second-order valence-electron chi connectivity index (χ2n) is 5.84. The maximum absolute atomic E-state index is 3.71. The minimum Gasteiger partial charge on any atom is -0.306 e. The van der Waals surface area contributed by atoms with Crippen LogP contribution in [0.15, 0.2) is 42.5 Å². The first-order valence-electron chi connectivity index (χ1n) is 8.05. The van der Waals surface area contributed by atoms with E-state index >= 15 is 0 Å². The van der Waals surface area contributed by atoms with E-state index < -0.39 is 0 Å². The smallest absolute Gasteiger partial charge is 0.0579 e. The van der Waals surface area contributed by atoms with Crippen molar-refractivity contribution in [2.24, 2.45) is 0 Å². The van der Waals surface area contributed by atoms with Crippen LogP contribution in [0.5, 0.6) is 0 Å². The third-order valence-corrected chi connectivity index (χ3v) is 4.07. The number of benzene rings is 2. The van der Waals surface area contributed by atoms with Crippen LogP contribution in [0.25, 0.3) is 0 Å². The van der Waals surface area contributed by atoms with Gasteiger partial charge in [-0.25, -0.2) is 0 Å². The van der Waals surface area contributed by atoms with Gasteiger partial charge in [0.25, 0.3) is 0 Å². The zero-order valence-corrected chi connectivity index (χ0v) is 13.7. The normalized spacial score (nSPS) is 12.4. The van der Waals surface area contributed by atoms with E-state index in [0.717, 1.165) is 19.4 Å². The van der Waals surface area contributed by atoms with E-state index in [2.05, 4.69) is 75.5 Å². The zero-order chi connectivity index (χ0) is 15.2. The predicted molar refractivity (Wildman–Crippen MR) is 91.9 cm³/mol. The fourth-order valence-corrected chi connectivity index (χ4v) is 2.71. The van der Waals surface area contributed by atoms with Gasteiger partial charge in [-0.05, 0) is 55.5 Å². The Hall–Kier alpha value is -1.60. The molecule has 0 aromatic heterocycles. The summed E-state index contributed by atoms with van der Waals surface area (Å²) in [6, 6.07) is 16.1. The molecule has 0 fully saturated rings. The van der Waals surface area contributed by atoms with Crippen LogP contribution in [0.3, 0.4) is 0 Å². The summed E-state index contributed by atoms with van der Waals surface area (Å²) in [6.07, 6.45) is 2.24. The fraction of sp³-hybridized carbons (Fsp3) is 0.400. The molecular formula is C20H27N. The van der Waals surface area contributed by atoms with Gasteiger partial charge in [-0.1, -0.05) is 61.9 Å². The van der Waals surface area contributed by atoms with E-state index in [4.69, 9.17) is 0 Å². The van der Waals surface area contributed by atoms with Crippen molar-refractivity contribution in [2.45, 2.75) is 46.6 Å². The first-order chi connectivity index (χ1) is 10.2. The van der Waals surface area contributed by atoms with Crippen molar-refractivity contribution in [2.75, 3.05) is 6.54 Å². The minimum absolute atomic E-state index is 0.288. The van der Waals surface area contributed by atoms with Gasteiger partial charge < -0.3 is 5.32 Å². The number of aryl methyl sites for hydroxylation is 3. The summed E-state index contributed by atoms with van der Waals surface area (Å²) in [4.78, 5) is 0.